The van der Waals surface area contributed by atoms with Gasteiger partial charge in [-0.25, -0.2) is 4.98 Å². The second-order valence-corrected chi connectivity index (χ2v) is 10.9. The lowest BCUT2D eigenvalue weighted by molar-refractivity contribution is -0.139. The lowest BCUT2D eigenvalue weighted by atomic mass is 9.98. The van der Waals surface area contributed by atoms with Crippen LogP contribution in [0, 0.1) is 5.92 Å². The maximum Gasteiger partial charge on any atom is 0.271 e. The van der Waals surface area contributed by atoms with Crippen LogP contribution in [0.2, 0.25) is 0 Å². The quantitative estimate of drug-likeness (QED) is 0.0833. The monoisotopic (exact) mass is 586 g/mol. The van der Waals surface area contributed by atoms with Crippen LogP contribution >= 0.6 is 0 Å². The zero-order valence-corrected chi connectivity index (χ0v) is 23.9. The third-order valence-corrected chi connectivity index (χ3v) is 7.57. The van der Waals surface area contributed by atoms with Crippen molar-refractivity contribution < 1.29 is 23.9 Å². The number of rotatable bonds is 14. The van der Waals surface area contributed by atoms with Gasteiger partial charge in [0, 0.05) is 64.2 Å². The van der Waals surface area contributed by atoms with Crippen molar-refractivity contribution in [1.82, 2.24) is 40.6 Å². The number of carbonyl (C=O) groups excluding carboxylic acids is 4. The molecule has 0 radical (unpaired) electrons. The summed E-state index contributed by atoms with van der Waals surface area (Å²) in [7, 11) is 0. The average molecular weight is 587 g/mol. The van der Waals surface area contributed by atoms with Crippen molar-refractivity contribution in [3.63, 3.8) is 0 Å². The largest absolute Gasteiger partial charge is 0.379 e. The van der Waals surface area contributed by atoms with Crippen LogP contribution < -0.4 is 21.8 Å². The first-order valence-electron chi connectivity index (χ1n) is 14.6. The van der Waals surface area contributed by atoms with E-state index < -0.39 is 6.04 Å². The molecule has 3 fully saturated rings. The first kappa shape index (κ1) is 31.1. The van der Waals surface area contributed by atoms with Gasteiger partial charge in [0.15, 0.2) is 0 Å². The van der Waals surface area contributed by atoms with Gasteiger partial charge in [0.05, 0.1) is 32.4 Å². The maximum atomic E-state index is 13.8. The number of hydrazone groups is 1. The third-order valence-electron chi connectivity index (χ3n) is 7.57. The topological polar surface area (TPSA) is 187 Å². The first-order valence-corrected chi connectivity index (χ1v) is 14.6. The molecule has 0 unspecified atom stereocenters. The molecule has 42 heavy (non-hydrogen) atoms. The van der Waals surface area contributed by atoms with Crippen molar-refractivity contribution in [2.45, 2.75) is 44.2 Å². The molecular formula is C27H42N10O5. The Morgan fingerprint density at radius 3 is 2.64 bits per heavy atom. The van der Waals surface area contributed by atoms with Gasteiger partial charge in [0.2, 0.25) is 17.7 Å². The van der Waals surface area contributed by atoms with Gasteiger partial charge in [-0.2, -0.15) is 5.10 Å². The number of morpholine rings is 1. The van der Waals surface area contributed by atoms with Crippen LogP contribution in [0.1, 0.15) is 42.6 Å². The average Bonchev–Trinajstić information content (AvgIpc) is 3.84. The summed E-state index contributed by atoms with van der Waals surface area (Å²) in [6.07, 6.45) is 9.30. The van der Waals surface area contributed by atoms with Crippen molar-refractivity contribution in [2.24, 2.45) is 16.9 Å². The minimum atomic E-state index is -1.03. The number of carbonyl (C=O) groups is 4. The number of nitrogens with zero attached hydrogens (tertiary/aromatic N) is 6. The fourth-order valence-electron chi connectivity index (χ4n) is 5.24. The predicted octanol–water partition coefficient (Wildman–Crippen LogP) is -1.87. The Bertz CT molecular complexity index is 1080. The number of piperidine rings is 1. The molecule has 0 bridgehead atoms. The number of amides is 4. The van der Waals surface area contributed by atoms with Crippen molar-refractivity contribution in [3.05, 3.63) is 24.3 Å². The number of hydrogen-bond acceptors (Lipinski definition) is 10. The normalized spacial score (nSPS) is 20.1. The van der Waals surface area contributed by atoms with E-state index in [1.54, 1.807) is 11.2 Å². The Morgan fingerprint density at radius 1 is 1.12 bits per heavy atom. The summed E-state index contributed by atoms with van der Waals surface area (Å²) in [4.78, 5) is 65.8. The molecule has 4 amide bonds. The zero-order valence-electron chi connectivity index (χ0n) is 23.9. The molecule has 15 heteroatoms. The van der Waals surface area contributed by atoms with E-state index in [1.807, 2.05) is 9.80 Å². The van der Waals surface area contributed by atoms with Crippen molar-refractivity contribution in [3.8, 4) is 0 Å². The Hall–Kier alpha value is -3.85. The molecule has 230 valence electrons. The molecule has 5 N–H and O–H groups in total. The lowest BCUT2D eigenvalue weighted by Crippen LogP contribution is -2.54. The van der Waals surface area contributed by atoms with Crippen LogP contribution in [0.15, 0.2) is 23.7 Å². The van der Waals surface area contributed by atoms with Crippen LogP contribution in [0.3, 0.4) is 0 Å². The fraction of sp³-hybridized carbons (Fsp3) is 0.667. The molecule has 1 aliphatic carbocycles. The number of likely N-dealkylation sites (tertiary alicyclic amines) is 1. The fourth-order valence-corrected chi connectivity index (χ4v) is 5.24. The summed E-state index contributed by atoms with van der Waals surface area (Å²) in [5, 5.41) is 12.1. The van der Waals surface area contributed by atoms with Gasteiger partial charge in [0.25, 0.3) is 5.91 Å². The SMILES string of the molecule is NN=CN1CCC[C@@H](CNC(=O)C[C@H](NC(=O)CN2CCOCC2)C(=O)N(CCNC(=O)c2cnccn2)C2CC2)C1. The van der Waals surface area contributed by atoms with E-state index >= 15 is 0 Å². The van der Waals surface area contributed by atoms with Gasteiger partial charge in [0.1, 0.15) is 18.1 Å². The van der Waals surface area contributed by atoms with E-state index in [2.05, 4.69) is 31.0 Å². The van der Waals surface area contributed by atoms with Crippen LogP contribution in [-0.2, 0) is 19.1 Å². The molecule has 0 spiro atoms. The molecule has 1 aromatic rings. The molecule has 1 aromatic heterocycles. The number of ether oxygens (including phenoxy) is 1. The lowest BCUT2D eigenvalue weighted by Gasteiger charge is -2.31. The molecule has 4 rings (SSSR count). The van der Waals surface area contributed by atoms with Crippen LogP contribution in [0.5, 0.6) is 0 Å². The first-order chi connectivity index (χ1) is 20.4. The number of nitrogens with one attached hydrogen (secondary N) is 3. The number of hydrogen-bond donors (Lipinski definition) is 4. The van der Waals surface area contributed by atoms with Crippen molar-refractivity contribution in [1.29, 1.82) is 0 Å². The molecule has 3 aliphatic rings. The predicted molar refractivity (Wildman–Crippen MR) is 153 cm³/mol. The van der Waals surface area contributed by atoms with Crippen molar-refractivity contribution in [2.75, 3.05) is 65.6 Å². The minimum absolute atomic E-state index is 0.00468. The minimum Gasteiger partial charge on any atom is -0.379 e. The van der Waals surface area contributed by atoms with Gasteiger partial charge in [-0.1, -0.05) is 0 Å². The molecule has 1 saturated carbocycles. The smallest absolute Gasteiger partial charge is 0.271 e. The zero-order chi connectivity index (χ0) is 29.7. The Balaban J connectivity index is 1.35. The summed E-state index contributed by atoms with van der Waals surface area (Å²) in [5.41, 5.74) is 0.183. The van der Waals surface area contributed by atoms with Gasteiger partial charge in [-0.05, 0) is 31.6 Å². The Labute approximate surface area is 245 Å². The van der Waals surface area contributed by atoms with E-state index in [0.29, 0.717) is 32.8 Å². The number of aromatic nitrogens is 2. The highest BCUT2D eigenvalue weighted by Crippen LogP contribution is 2.27. The summed E-state index contributed by atoms with van der Waals surface area (Å²) in [6.45, 7) is 4.95. The van der Waals surface area contributed by atoms with Crippen LogP contribution in [0.4, 0.5) is 0 Å². The number of nitrogens with two attached hydrogens (primary N) is 1. The van der Waals surface area contributed by atoms with E-state index in [4.69, 9.17) is 10.6 Å². The molecule has 0 aromatic carbocycles. The highest BCUT2D eigenvalue weighted by molar-refractivity contribution is 5.93. The molecule has 2 saturated heterocycles. The van der Waals surface area contributed by atoms with Crippen LogP contribution in [-0.4, -0.2) is 132 Å². The Kier molecular flexibility index (Phi) is 11.8. The second-order valence-electron chi connectivity index (χ2n) is 10.9. The molecular weight excluding hydrogens is 544 g/mol. The van der Waals surface area contributed by atoms with Gasteiger partial charge >= 0.3 is 0 Å². The van der Waals surface area contributed by atoms with E-state index in [1.165, 1.54) is 18.6 Å². The van der Waals surface area contributed by atoms with E-state index in [9.17, 15) is 19.2 Å². The summed E-state index contributed by atoms with van der Waals surface area (Å²) >= 11 is 0. The van der Waals surface area contributed by atoms with Gasteiger partial charge < -0.3 is 36.3 Å². The van der Waals surface area contributed by atoms with Gasteiger partial charge in [-0.15, -0.1) is 0 Å². The standard InChI is InChI=1S/C27H42N10O5/c28-33-19-36-8-1-2-20(17-36)15-32-24(38)14-22(34-25(39)18-35-10-12-42-13-11-35)27(41)37(21-3-4-21)9-7-31-26(40)23-16-29-5-6-30-23/h5-6,16,19-22H,1-4,7-15,17-18,28H2,(H,31,40)(H,32,38)(H,34,39)/t20-,22-/m0/s1. The van der Waals surface area contributed by atoms with Gasteiger partial charge in [-0.3, -0.25) is 29.1 Å². The molecule has 2 atom stereocenters. The second kappa shape index (κ2) is 16.0. The summed E-state index contributed by atoms with van der Waals surface area (Å²) in [6, 6.07) is -1.02. The van der Waals surface area contributed by atoms with E-state index in [-0.39, 0.29) is 67.3 Å². The highest BCUT2D eigenvalue weighted by atomic mass is 16.5. The highest BCUT2D eigenvalue weighted by Gasteiger charge is 2.37. The van der Waals surface area contributed by atoms with Crippen LogP contribution in [0.25, 0.3) is 0 Å². The molecule has 3 heterocycles. The summed E-state index contributed by atoms with van der Waals surface area (Å²) in [5.74, 6) is 4.16. The third kappa shape index (κ3) is 9.91. The van der Waals surface area contributed by atoms with Crippen molar-refractivity contribution >= 4 is 30.0 Å². The Morgan fingerprint density at radius 2 is 1.93 bits per heavy atom. The molecule has 15 nitrogen and oxygen atoms in total. The maximum absolute atomic E-state index is 13.8. The molecule has 2 aliphatic heterocycles. The van der Waals surface area contributed by atoms with E-state index in [0.717, 1.165) is 38.8 Å². The summed E-state index contributed by atoms with van der Waals surface area (Å²) < 4.78 is 5.36.